The van der Waals surface area contributed by atoms with E-state index >= 15 is 0 Å². The summed E-state index contributed by atoms with van der Waals surface area (Å²) in [6, 6.07) is 0.903. The van der Waals surface area contributed by atoms with Gasteiger partial charge < -0.3 is 5.73 Å². The Labute approximate surface area is 124 Å². The lowest BCUT2D eigenvalue weighted by Crippen LogP contribution is -2.61. The zero-order valence-corrected chi connectivity index (χ0v) is 13.2. The van der Waals surface area contributed by atoms with Gasteiger partial charge in [0, 0.05) is 44.3 Å². The number of hydrogen-bond acceptors (Lipinski definition) is 3. The number of nitrogens with two attached hydrogens (primary N) is 1. The highest BCUT2D eigenvalue weighted by Crippen LogP contribution is 2.33. The van der Waals surface area contributed by atoms with Crippen LogP contribution in [0.2, 0.25) is 0 Å². The van der Waals surface area contributed by atoms with Gasteiger partial charge in [0.15, 0.2) is 0 Å². The molecule has 3 fully saturated rings. The van der Waals surface area contributed by atoms with Crippen LogP contribution in [0.3, 0.4) is 0 Å². The molecule has 0 bridgehead atoms. The maximum atomic E-state index is 6.24. The highest BCUT2D eigenvalue weighted by molar-refractivity contribution is 4.96. The Morgan fingerprint density at radius 1 is 0.800 bits per heavy atom. The molecule has 0 atom stereocenters. The van der Waals surface area contributed by atoms with Gasteiger partial charge in [0.2, 0.25) is 0 Å². The Bertz CT molecular complexity index is 283. The Kier molecular flexibility index (Phi) is 5.00. The van der Waals surface area contributed by atoms with Crippen molar-refractivity contribution in [2.24, 2.45) is 5.73 Å². The summed E-state index contributed by atoms with van der Waals surface area (Å²) in [5, 5.41) is 0. The van der Waals surface area contributed by atoms with Crippen LogP contribution in [-0.2, 0) is 0 Å². The van der Waals surface area contributed by atoms with E-state index in [0.717, 1.165) is 12.6 Å². The van der Waals surface area contributed by atoms with E-state index in [0.29, 0.717) is 5.54 Å². The van der Waals surface area contributed by atoms with Crippen LogP contribution in [0.15, 0.2) is 0 Å². The van der Waals surface area contributed by atoms with E-state index in [1.165, 1.54) is 90.4 Å². The van der Waals surface area contributed by atoms with Crippen LogP contribution in [0.4, 0.5) is 0 Å². The molecule has 0 aromatic heterocycles. The average molecular weight is 279 g/mol. The molecule has 3 rings (SSSR count). The highest BCUT2D eigenvalue weighted by atomic mass is 15.3. The first kappa shape index (κ1) is 14.8. The lowest BCUT2D eigenvalue weighted by atomic mass is 9.87. The van der Waals surface area contributed by atoms with E-state index in [2.05, 4.69) is 9.80 Å². The van der Waals surface area contributed by atoms with Gasteiger partial charge in [0.05, 0.1) is 0 Å². The zero-order valence-electron chi connectivity index (χ0n) is 13.2. The van der Waals surface area contributed by atoms with Gasteiger partial charge in [-0.25, -0.2) is 0 Å². The smallest absolute Gasteiger partial charge is 0.0332 e. The summed E-state index contributed by atoms with van der Waals surface area (Å²) in [7, 11) is 0. The summed E-state index contributed by atoms with van der Waals surface area (Å²) in [5.41, 5.74) is 6.59. The maximum absolute atomic E-state index is 6.24. The van der Waals surface area contributed by atoms with E-state index in [1.807, 2.05) is 0 Å². The molecule has 116 valence electrons. The van der Waals surface area contributed by atoms with E-state index in [-0.39, 0.29) is 0 Å². The second-order valence-corrected chi connectivity index (χ2v) is 7.30. The lowest BCUT2D eigenvalue weighted by Gasteiger charge is -2.48. The number of piperazine rings is 1. The van der Waals surface area contributed by atoms with E-state index in [4.69, 9.17) is 5.73 Å². The van der Waals surface area contributed by atoms with Crippen LogP contribution >= 0.6 is 0 Å². The standard InChI is InChI=1S/C17H33N3/c18-15-17(9-5-1-2-6-10-17)20-13-11-19(12-14-20)16-7-3-4-8-16/h16H,1-15,18H2. The molecule has 1 heterocycles. The average Bonchev–Trinajstić information content (AvgIpc) is 2.93. The van der Waals surface area contributed by atoms with Gasteiger partial charge in [0.25, 0.3) is 0 Å². The van der Waals surface area contributed by atoms with E-state index in [9.17, 15) is 0 Å². The fourth-order valence-electron chi connectivity index (χ4n) is 4.87. The predicted molar refractivity (Wildman–Crippen MR) is 84.9 cm³/mol. The molecule has 0 unspecified atom stereocenters. The summed E-state index contributed by atoms with van der Waals surface area (Å²) >= 11 is 0. The first-order chi connectivity index (χ1) is 9.84. The van der Waals surface area contributed by atoms with Crippen molar-refractivity contribution in [3.05, 3.63) is 0 Å². The summed E-state index contributed by atoms with van der Waals surface area (Å²) in [5.74, 6) is 0. The summed E-state index contributed by atoms with van der Waals surface area (Å²) in [6.45, 7) is 5.96. The molecule has 0 amide bonds. The van der Waals surface area contributed by atoms with Crippen molar-refractivity contribution < 1.29 is 0 Å². The van der Waals surface area contributed by atoms with Crippen molar-refractivity contribution in [3.63, 3.8) is 0 Å². The SMILES string of the molecule is NCC1(N2CCN(C3CCCC3)CC2)CCCCCC1. The molecule has 0 aromatic rings. The van der Waals surface area contributed by atoms with Crippen LogP contribution in [0.1, 0.15) is 64.2 Å². The molecule has 20 heavy (non-hydrogen) atoms. The van der Waals surface area contributed by atoms with Crippen molar-refractivity contribution in [1.82, 2.24) is 9.80 Å². The zero-order chi connectivity index (χ0) is 13.8. The summed E-state index contributed by atoms with van der Waals surface area (Å²) in [6.07, 6.45) is 14.1. The van der Waals surface area contributed by atoms with Gasteiger partial charge in [-0.3, -0.25) is 9.80 Å². The monoisotopic (exact) mass is 279 g/mol. The van der Waals surface area contributed by atoms with Crippen LogP contribution < -0.4 is 5.73 Å². The van der Waals surface area contributed by atoms with Crippen LogP contribution in [-0.4, -0.2) is 54.1 Å². The first-order valence-corrected chi connectivity index (χ1v) is 9.03. The minimum absolute atomic E-state index is 0.346. The third kappa shape index (κ3) is 3.05. The molecule has 3 heteroatoms. The van der Waals surface area contributed by atoms with Crippen molar-refractivity contribution in [2.75, 3.05) is 32.7 Å². The van der Waals surface area contributed by atoms with Gasteiger partial charge in [-0.2, -0.15) is 0 Å². The molecule has 2 aliphatic carbocycles. The molecular weight excluding hydrogens is 246 g/mol. The van der Waals surface area contributed by atoms with E-state index < -0.39 is 0 Å². The van der Waals surface area contributed by atoms with Gasteiger partial charge in [-0.1, -0.05) is 38.5 Å². The van der Waals surface area contributed by atoms with Gasteiger partial charge >= 0.3 is 0 Å². The van der Waals surface area contributed by atoms with Crippen LogP contribution in [0.25, 0.3) is 0 Å². The van der Waals surface area contributed by atoms with Crippen molar-refractivity contribution in [2.45, 2.75) is 75.8 Å². The van der Waals surface area contributed by atoms with Crippen LogP contribution in [0.5, 0.6) is 0 Å². The summed E-state index contributed by atoms with van der Waals surface area (Å²) < 4.78 is 0. The minimum atomic E-state index is 0.346. The quantitative estimate of drug-likeness (QED) is 0.806. The third-order valence-electron chi connectivity index (χ3n) is 6.24. The lowest BCUT2D eigenvalue weighted by molar-refractivity contribution is 0.0133. The molecule has 2 N–H and O–H groups in total. The molecule has 3 aliphatic rings. The Morgan fingerprint density at radius 3 is 1.95 bits per heavy atom. The Morgan fingerprint density at radius 2 is 1.40 bits per heavy atom. The largest absolute Gasteiger partial charge is 0.329 e. The first-order valence-electron chi connectivity index (χ1n) is 9.03. The molecule has 0 aromatic carbocycles. The number of hydrogen-bond donors (Lipinski definition) is 1. The van der Waals surface area contributed by atoms with Gasteiger partial charge in [0.1, 0.15) is 0 Å². The van der Waals surface area contributed by atoms with Gasteiger partial charge in [-0.05, 0) is 25.7 Å². The molecule has 2 saturated carbocycles. The topological polar surface area (TPSA) is 32.5 Å². The fraction of sp³-hybridized carbons (Fsp3) is 1.00. The normalized spacial score (nSPS) is 30.4. The third-order valence-corrected chi connectivity index (χ3v) is 6.24. The van der Waals surface area contributed by atoms with Crippen LogP contribution in [0, 0.1) is 0 Å². The molecule has 3 nitrogen and oxygen atoms in total. The van der Waals surface area contributed by atoms with Gasteiger partial charge in [-0.15, -0.1) is 0 Å². The second kappa shape index (κ2) is 6.76. The Balaban J connectivity index is 1.57. The molecule has 0 spiro atoms. The Hall–Kier alpha value is -0.120. The van der Waals surface area contributed by atoms with Crippen molar-refractivity contribution in [3.8, 4) is 0 Å². The maximum Gasteiger partial charge on any atom is 0.0332 e. The predicted octanol–water partition coefficient (Wildman–Crippen LogP) is 2.60. The van der Waals surface area contributed by atoms with Crippen molar-refractivity contribution >= 4 is 0 Å². The molecule has 0 radical (unpaired) electrons. The minimum Gasteiger partial charge on any atom is -0.329 e. The second-order valence-electron chi connectivity index (χ2n) is 7.30. The molecular formula is C17H33N3. The van der Waals surface area contributed by atoms with E-state index in [1.54, 1.807) is 0 Å². The fourth-order valence-corrected chi connectivity index (χ4v) is 4.87. The molecule has 1 saturated heterocycles. The molecule has 1 aliphatic heterocycles. The summed E-state index contributed by atoms with van der Waals surface area (Å²) in [4.78, 5) is 5.54. The highest BCUT2D eigenvalue weighted by Gasteiger charge is 2.38. The van der Waals surface area contributed by atoms with Crippen molar-refractivity contribution in [1.29, 1.82) is 0 Å². The number of nitrogens with zero attached hydrogens (tertiary/aromatic N) is 2. The number of rotatable bonds is 3.